The summed E-state index contributed by atoms with van der Waals surface area (Å²) in [6.07, 6.45) is 0.657. The van der Waals surface area contributed by atoms with Gasteiger partial charge in [0.15, 0.2) is 5.57 Å². The number of carbonyl (C=O) groups is 1. The molecule has 4 heteroatoms. The Morgan fingerprint density at radius 2 is 1.88 bits per heavy atom. The van der Waals surface area contributed by atoms with Gasteiger partial charge >= 0.3 is 5.97 Å². The van der Waals surface area contributed by atoms with Crippen LogP contribution < -0.4 is 0 Å². The summed E-state index contributed by atoms with van der Waals surface area (Å²) in [7, 11) is 0. The maximum absolute atomic E-state index is 10.5. The summed E-state index contributed by atoms with van der Waals surface area (Å²) in [5.74, 6) is -1.77. The fourth-order valence-corrected chi connectivity index (χ4v) is 1.27. The third-order valence-corrected chi connectivity index (χ3v) is 2.11. The van der Waals surface area contributed by atoms with Gasteiger partial charge in [-0.1, -0.05) is 30.3 Å². The van der Waals surface area contributed by atoms with E-state index in [9.17, 15) is 9.90 Å². The summed E-state index contributed by atoms with van der Waals surface area (Å²) in [6.45, 7) is 0. The van der Waals surface area contributed by atoms with Crippen molar-refractivity contribution < 1.29 is 15.0 Å². The van der Waals surface area contributed by atoms with Gasteiger partial charge in [0.2, 0.25) is 0 Å². The number of rotatable bonds is 4. The lowest BCUT2D eigenvalue weighted by atomic mass is 10.1. The molecule has 0 radical (unpaired) electrons. The van der Waals surface area contributed by atoms with E-state index in [2.05, 4.69) is 0 Å². The Hall–Kier alpha value is -2.28. The van der Waals surface area contributed by atoms with E-state index < -0.39 is 11.5 Å². The van der Waals surface area contributed by atoms with Crippen molar-refractivity contribution in [2.75, 3.05) is 0 Å². The fraction of sp³-hybridized carbons (Fsp3) is 0.167. The maximum atomic E-state index is 10.5. The number of aryl methyl sites for hydroxylation is 1. The van der Waals surface area contributed by atoms with Crippen LogP contribution in [0.5, 0.6) is 0 Å². The number of carboxylic acids is 1. The SMILES string of the molecule is N#CC(C(=O)O)=C(O)CCc1ccccc1. The monoisotopic (exact) mass is 217 g/mol. The fourth-order valence-electron chi connectivity index (χ4n) is 1.27. The molecule has 1 aromatic carbocycles. The highest BCUT2D eigenvalue weighted by Crippen LogP contribution is 2.10. The number of hydrogen-bond donors (Lipinski definition) is 2. The first kappa shape index (κ1) is 11.8. The summed E-state index contributed by atoms with van der Waals surface area (Å²) >= 11 is 0. The molecule has 0 saturated heterocycles. The predicted molar refractivity (Wildman–Crippen MR) is 57.7 cm³/mol. The quantitative estimate of drug-likeness (QED) is 0.459. The molecule has 0 aliphatic rings. The second-order valence-corrected chi connectivity index (χ2v) is 3.22. The van der Waals surface area contributed by atoms with Gasteiger partial charge in [-0.05, 0) is 12.0 Å². The predicted octanol–water partition coefficient (Wildman–Crippen LogP) is 2.04. The van der Waals surface area contributed by atoms with Gasteiger partial charge < -0.3 is 10.2 Å². The molecule has 1 rings (SSSR count). The first-order chi connectivity index (χ1) is 7.65. The Labute approximate surface area is 93.1 Å². The lowest BCUT2D eigenvalue weighted by Gasteiger charge is -2.01. The van der Waals surface area contributed by atoms with Gasteiger partial charge in [-0.2, -0.15) is 5.26 Å². The zero-order chi connectivity index (χ0) is 12.0. The standard InChI is InChI=1S/C12H11NO3/c13-8-10(12(15)16)11(14)7-6-9-4-2-1-3-5-9/h1-5,14H,6-7H2,(H,15,16). The van der Waals surface area contributed by atoms with Crippen molar-refractivity contribution in [2.24, 2.45) is 0 Å². The van der Waals surface area contributed by atoms with E-state index in [0.717, 1.165) is 5.56 Å². The summed E-state index contributed by atoms with van der Waals surface area (Å²) in [6, 6.07) is 10.8. The Morgan fingerprint density at radius 1 is 1.25 bits per heavy atom. The Morgan fingerprint density at radius 3 is 2.38 bits per heavy atom. The molecular formula is C12H11NO3. The van der Waals surface area contributed by atoms with Crippen LogP contribution in [0.15, 0.2) is 41.7 Å². The van der Waals surface area contributed by atoms with Gasteiger partial charge in [-0.25, -0.2) is 4.79 Å². The third-order valence-electron chi connectivity index (χ3n) is 2.11. The molecule has 0 unspecified atom stereocenters. The van der Waals surface area contributed by atoms with Crippen molar-refractivity contribution in [3.05, 3.63) is 47.2 Å². The van der Waals surface area contributed by atoms with Gasteiger partial charge in [0.25, 0.3) is 0 Å². The normalized spacial score (nSPS) is 11.4. The van der Waals surface area contributed by atoms with Gasteiger partial charge in [0, 0.05) is 6.42 Å². The molecule has 2 N–H and O–H groups in total. The van der Waals surface area contributed by atoms with E-state index in [-0.39, 0.29) is 12.2 Å². The van der Waals surface area contributed by atoms with Crippen LogP contribution in [0.4, 0.5) is 0 Å². The minimum atomic E-state index is -1.40. The zero-order valence-corrected chi connectivity index (χ0v) is 8.55. The highest BCUT2D eigenvalue weighted by Gasteiger charge is 2.12. The van der Waals surface area contributed by atoms with E-state index >= 15 is 0 Å². The number of nitrogens with zero attached hydrogens (tertiary/aromatic N) is 1. The van der Waals surface area contributed by atoms with E-state index in [1.165, 1.54) is 6.07 Å². The molecule has 1 aromatic rings. The second-order valence-electron chi connectivity index (χ2n) is 3.22. The Kier molecular flexibility index (Phi) is 4.10. The largest absolute Gasteiger partial charge is 0.511 e. The minimum Gasteiger partial charge on any atom is -0.511 e. The molecule has 82 valence electrons. The van der Waals surface area contributed by atoms with Crippen molar-refractivity contribution in [3.63, 3.8) is 0 Å². The smallest absolute Gasteiger partial charge is 0.349 e. The van der Waals surface area contributed by atoms with Gasteiger partial charge in [0.05, 0.1) is 0 Å². The second kappa shape index (κ2) is 5.56. The topological polar surface area (TPSA) is 81.3 Å². The Balaban J connectivity index is 2.69. The minimum absolute atomic E-state index is 0.152. The molecule has 0 atom stereocenters. The molecule has 0 spiro atoms. The third kappa shape index (κ3) is 3.14. The summed E-state index contributed by atoms with van der Waals surface area (Å²) < 4.78 is 0. The van der Waals surface area contributed by atoms with Gasteiger partial charge in [-0.3, -0.25) is 0 Å². The van der Waals surface area contributed by atoms with Crippen LogP contribution in [-0.4, -0.2) is 16.2 Å². The summed E-state index contributed by atoms with van der Waals surface area (Å²) in [5, 5.41) is 26.5. The highest BCUT2D eigenvalue weighted by molar-refractivity contribution is 5.91. The molecule has 16 heavy (non-hydrogen) atoms. The molecular weight excluding hydrogens is 206 g/mol. The molecule has 4 nitrogen and oxygen atoms in total. The number of allylic oxidation sites excluding steroid dienone is 1. The molecule has 0 aromatic heterocycles. The lowest BCUT2D eigenvalue weighted by molar-refractivity contribution is -0.132. The number of aliphatic hydroxyl groups excluding tert-OH is 1. The van der Waals surface area contributed by atoms with E-state index in [1.807, 2.05) is 30.3 Å². The molecule has 0 saturated carbocycles. The van der Waals surface area contributed by atoms with Crippen LogP contribution in [0.1, 0.15) is 12.0 Å². The van der Waals surface area contributed by atoms with Gasteiger partial charge in [-0.15, -0.1) is 0 Å². The van der Waals surface area contributed by atoms with E-state index in [1.54, 1.807) is 0 Å². The molecule has 0 fully saturated rings. The first-order valence-corrected chi connectivity index (χ1v) is 4.74. The zero-order valence-electron chi connectivity index (χ0n) is 8.55. The first-order valence-electron chi connectivity index (χ1n) is 4.74. The van der Waals surface area contributed by atoms with Crippen molar-refractivity contribution in [1.82, 2.24) is 0 Å². The molecule has 0 aliphatic heterocycles. The van der Waals surface area contributed by atoms with Crippen LogP contribution >= 0.6 is 0 Å². The van der Waals surface area contributed by atoms with Crippen LogP contribution in [0, 0.1) is 11.3 Å². The number of aliphatic hydroxyl groups is 1. The Bertz CT molecular complexity index is 443. The number of carboxylic acid groups (broad SMARTS) is 1. The van der Waals surface area contributed by atoms with Crippen LogP contribution in [0.3, 0.4) is 0 Å². The van der Waals surface area contributed by atoms with Gasteiger partial charge in [0.1, 0.15) is 11.8 Å². The van der Waals surface area contributed by atoms with E-state index in [4.69, 9.17) is 10.4 Å². The highest BCUT2D eigenvalue weighted by atomic mass is 16.4. The average molecular weight is 217 g/mol. The van der Waals surface area contributed by atoms with Crippen molar-refractivity contribution in [1.29, 1.82) is 5.26 Å². The van der Waals surface area contributed by atoms with Crippen molar-refractivity contribution in [3.8, 4) is 6.07 Å². The van der Waals surface area contributed by atoms with Crippen molar-refractivity contribution >= 4 is 5.97 Å². The number of nitriles is 1. The molecule has 0 amide bonds. The van der Waals surface area contributed by atoms with Crippen LogP contribution in [0.2, 0.25) is 0 Å². The van der Waals surface area contributed by atoms with Crippen molar-refractivity contribution in [2.45, 2.75) is 12.8 Å². The summed E-state index contributed by atoms with van der Waals surface area (Å²) in [5.41, 5.74) is 0.396. The molecule has 0 heterocycles. The summed E-state index contributed by atoms with van der Waals surface area (Å²) in [4.78, 5) is 10.5. The average Bonchev–Trinajstić information content (AvgIpc) is 2.28. The lowest BCUT2D eigenvalue weighted by Crippen LogP contribution is -2.03. The number of hydrogen-bond acceptors (Lipinski definition) is 3. The van der Waals surface area contributed by atoms with E-state index in [0.29, 0.717) is 6.42 Å². The molecule has 0 bridgehead atoms. The molecule has 0 aliphatic carbocycles. The number of aliphatic carboxylic acids is 1. The maximum Gasteiger partial charge on any atom is 0.349 e. The van der Waals surface area contributed by atoms with Crippen LogP contribution in [0.25, 0.3) is 0 Å². The number of benzene rings is 1. The van der Waals surface area contributed by atoms with Crippen LogP contribution in [-0.2, 0) is 11.2 Å².